The maximum atomic E-state index is 3.45. The van der Waals surface area contributed by atoms with E-state index >= 15 is 0 Å². The molecular formula is C16H26N2. The zero-order valence-electron chi connectivity index (χ0n) is 11.9. The van der Waals surface area contributed by atoms with Gasteiger partial charge in [0, 0.05) is 19.1 Å². The Morgan fingerprint density at radius 3 is 2.56 bits per heavy atom. The van der Waals surface area contributed by atoms with Crippen molar-refractivity contribution in [1.82, 2.24) is 10.2 Å². The lowest BCUT2D eigenvalue weighted by Gasteiger charge is -2.24. The van der Waals surface area contributed by atoms with Crippen LogP contribution < -0.4 is 5.32 Å². The summed E-state index contributed by atoms with van der Waals surface area (Å²) in [5.41, 5.74) is 1.40. The lowest BCUT2D eigenvalue weighted by atomic mass is 9.95. The Labute approximate surface area is 111 Å². The van der Waals surface area contributed by atoms with Crippen LogP contribution >= 0.6 is 0 Å². The average molecular weight is 246 g/mol. The molecule has 1 aromatic rings. The number of nitrogens with one attached hydrogen (secondary N) is 1. The van der Waals surface area contributed by atoms with Gasteiger partial charge < -0.3 is 10.2 Å². The van der Waals surface area contributed by atoms with Crippen LogP contribution in [0.1, 0.15) is 31.9 Å². The third-order valence-electron chi connectivity index (χ3n) is 4.24. The lowest BCUT2D eigenvalue weighted by Crippen LogP contribution is -2.32. The topological polar surface area (TPSA) is 15.3 Å². The van der Waals surface area contributed by atoms with Crippen LogP contribution in [0.5, 0.6) is 0 Å². The van der Waals surface area contributed by atoms with Gasteiger partial charge in [-0.3, -0.25) is 0 Å². The van der Waals surface area contributed by atoms with Crippen LogP contribution in [0.25, 0.3) is 0 Å². The smallest absolute Gasteiger partial charge is 0.0446 e. The SMILES string of the molecule is CNC(CN1CCC(C(C)C)C1)c1ccccc1. The number of likely N-dealkylation sites (tertiary alicyclic amines) is 1. The molecule has 2 nitrogen and oxygen atoms in total. The Morgan fingerprint density at radius 1 is 1.28 bits per heavy atom. The summed E-state index contributed by atoms with van der Waals surface area (Å²) >= 11 is 0. The van der Waals surface area contributed by atoms with Crippen molar-refractivity contribution in [2.45, 2.75) is 26.3 Å². The Kier molecular flexibility index (Phi) is 4.79. The van der Waals surface area contributed by atoms with Crippen LogP contribution in [-0.2, 0) is 0 Å². The molecule has 1 fully saturated rings. The van der Waals surface area contributed by atoms with Crippen LogP contribution in [0.2, 0.25) is 0 Å². The third-order valence-corrected chi connectivity index (χ3v) is 4.24. The highest BCUT2D eigenvalue weighted by Crippen LogP contribution is 2.25. The fourth-order valence-corrected chi connectivity index (χ4v) is 2.88. The van der Waals surface area contributed by atoms with Crippen molar-refractivity contribution in [3.05, 3.63) is 35.9 Å². The number of likely N-dealkylation sites (N-methyl/N-ethyl adjacent to an activating group) is 1. The maximum absolute atomic E-state index is 3.45. The van der Waals surface area contributed by atoms with E-state index in [-0.39, 0.29) is 0 Å². The largest absolute Gasteiger partial charge is 0.312 e. The molecule has 1 aliphatic heterocycles. The summed E-state index contributed by atoms with van der Waals surface area (Å²) < 4.78 is 0. The van der Waals surface area contributed by atoms with Gasteiger partial charge in [0.15, 0.2) is 0 Å². The van der Waals surface area contributed by atoms with E-state index in [0.717, 1.165) is 18.4 Å². The van der Waals surface area contributed by atoms with Crippen LogP contribution in [0.15, 0.2) is 30.3 Å². The first kappa shape index (κ1) is 13.6. The quantitative estimate of drug-likeness (QED) is 0.859. The van der Waals surface area contributed by atoms with Gasteiger partial charge in [0.25, 0.3) is 0 Å². The molecule has 1 N–H and O–H groups in total. The first-order chi connectivity index (χ1) is 8.70. The molecule has 0 aromatic heterocycles. The molecule has 2 rings (SSSR count). The monoisotopic (exact) mass is 246 g/mol. The van der Waals surface area contributed by atoms with Crippen LogP contribution in [0.4, 0.5) is 0 Å². The summed E-state index contributed by atoms with van der Waals surface area (Å²) in [7, 11) is 2.06. The van der Waals surface area contributed by atoms with Gasteiger partial charge in [-0.1, -0.05) is 44.2 Å². The highest BCUT2D eigenvalue weighted by atomic mass is 15.2. The number of nitrogens with zero attached hydrogens (tertiary/aromatic N) is 1. The summed E-state index contributed by atoms with van der Waals surface area (Å²) in [5.74, 6) is 1.71. The molecule has 2 atom stereocenters. The van der Waals surface area contributed by atoms with Gasteiger partial charge >= 0.3 is 0 Å². The van der Waals surface area contributed by atoms with E-state index in [1.165, 1.54) is 25.1 Å². The molecule has 1 saturated heterocycles. The van der Waals surface area contributed by atoms with E-state index in [1.807, 2.05) is 0 Å². The Balaban J connectivity index is 1.92. The molecule has 0 amide bonds. The molecular weight excluding hydrogens is 220 g/mol. The van der Waals surface area contributed by atoms with E-state index in [4.69, 9.17) is 0 Å². The minimum absolute atomic E-state index is 0.456. The van der Waals surface area contributed by atoms with Gasteiger partial charge in [-0.05, 0) is 37.4 Å². The van der Waals surface area contributed by atoms with Crippen LogP contribution in [0.3, 0.4) is 0 Å². The zero-order chi connectivity index (χ0) is 13.0. The molecule has 18 heavy (non-hydrogen) atoms. The van der Waals surface area contributed by atoms with Gasteiger partial charge in [-0.25, -0.2) is 0 Å². The fourth-order valence-electron chi connectivity index (χ4n) is 2.88. The van der Waals surface area contributed by atoms with Crippen molar-refractivity contribution in [3.8, 4) is 0 Å². The van der Waals surface area contributed by atoms with Crippen molar-refractivity contribution < 1.29 is 0 Å². The summed E-state index contributed by atoms with van der Waals surface area (Å²) in [6, 6.07) is 11.2. The molecule has 100 valence electrons. The standard InChI is InChI=1S/C16H26N2/c1-13(2)15-9-10-18(11-15)12-16(17-3)14-7-5-4-6-8-14/h4-8,13,15-17H,9-12H2,1-3H3. The predicted octanol–water partition coefficient (Wildman–Crippen LogP) is 2.93. The molecule has 0 saturated carbocycles. The van der Waals surface area contributed by atoms with Crippen LogP contribution in [-0.4, -0.2) is 31.6 Å². The molecule has 1 aromatic carbocycles. The second-order valence-corrected chi connectivity index (χ2v) is 5.80. The Hall–Kier alpha value is -0.860. The van der Waals surface area contributed by atoms with Crippen LogP contribution in [0, 0.1) is 11.8 Å². The maximum Gasteiger partial charge on any atom is 0.0446 e. The second kappa shape index (κ2) is 6.35. The highest BCUT2D eigenvalue weighted by Gasteiger charge is 2.26. The van der Waals surface area contributed by atoms with Crippen molar-refractivity contribution >= 4 is 0 Å². The van der Waals surface area contributed by atoms with Gasteiger partial charge in [-0.15, -0.1) is 0 Å². The highest BCUT2D eigenvalue weighted by molar-refractivity contribution is 5.19. The van der Waals surface area contributed by atoms with Crippen molar-refractivity contribution in [2.24, 2.45) is 11.8 Å². The van der Waals surface area contributed by atoms with Crippen molar-refractivity contribution in [2.75, 3.05) is 26.7 Å². The van der Waals surface area contributed by atoms with Gasteiger partial charge in [0.05, 0.1) is 0 Å². The van der Waals surface area contributed by atoms with Gasteiger partial charge in [0.2, 0.25) is 0 Å². The minimum Gasteiger partial charge on any atom is -0.312 e. The molecule has 0 aliphatic carbocycles. The second-order valence-electron chi connectivity index (χ2n) is 5.80. The third kappa shape index (κ3) is 3.33. The number of hydrogen-bond acceptors (Lipinski definition) is 2. The summed E-state index contributed by atoms with van der Waals surface area (Å²) in [6.45, 7) is 8.35. The first-order valence-corrected chi connectivity index (χ1v) is 7.15. The Morgan fingerprint density at radius 2 is 2.00 bits per heavy atom. The van der Waals surface area contributed by atoms with Crippen molar-refractivity contribution in [3.63, 3.8) is 0 Å². The molecule has 1 heterocycles. The Bertz CT molecular complexity index is 347. The molecule has 2 unspecified atom stereocenters. The van der Waals surface area contributed by atoms with Gasteiger partial charge in [0.1, 0.15) is 0 Å². The van der Waals surface area contributed by atoms with Gasteiger partial charge in [-0.2, -0.15) is 0 Å². The number of rotatable bonds is 5. The number of benzene rings is 1. The molecule has 0 spiro atoms. The average Bonchev–Trinajstić information content (AvgIpc) is 2.86. The van der Waals surface area contributed by atoms with E-state index in [0.29, 0.717) is 6.04 Å². The van der Waals surface area contributed by atoms with E-state index in [9.17, 15) is 0 Å². The summed E-state index contributed by atoms with van der Waals surface area (Å²) in [6.07, 6.45) is 1.36. The van der Waals surface area contributed by atoms with E-state index in [1.54, 1.807) is 0 Å². The van der Waals surface area contributed by atoms with Crippen molar-refractivity contribution in [1.29, 1.82) is 0 Å². The fraction of sp³-hybridized carbons (Fsp3) is 0.625. The molecule has 1 aliphatic rings. The summed E-state index contributed by atoms with van der Waals surface area (Å²) in [5, 5.41) is 3.45. The lowest BCUT2D eigenvalue weighted by molar-refractivity contribution is 0.275. The zero-order valence-corrected chi connectivity index (χ0v) is 11.9. The van der Waals surface area contributed by atoms with E-state index < -0.39 is 0 Å². The first-order valence-electron chi connectivity index (χ1n) is 7.15. The molecule has 2 heteroatoms. The normalized spacial score (nSPS) is 22.6. The molecule has 0 bridgehead atoms. The summed E-state index contributed by atoms with van der Waals surface area (Å²) in [4.78, 5) is 2.61. The predicted molar refractivity (Wildman–Crippen MR) is 77.6 cm³/mol. The molecule has 0 radical (unpaired) electrons. The minimum atomic E-state index is 0.456. The van der Waals surface area contributed by atoms with E-state index in [2.05, 4.69) is 61.4 Å². The number of hydrogen-bond donors (Lipinski definition) is 1.